The fourth-order valence-electron chi connectivity index (χ4n) is 0.952. The van der Waals surface area contributed by atoms with Gasteiger partial charge in [-0.15, -0.1) is 0 Å². The molecule has 2 N–H and O–H groups in total. The molecule has 1 unspecified atom stereocenters. The van der Waals surface area contributed by atoms with E-state index in [9.17, 15) is 4.79 Å². The Bertz CT molecular complexity index is 210. The van der Waals surface area contributed by atoms with Gasteiger partial charge in [0.15, 0.2) is 0 Å². The molecule has 0 fully saturated rings. The molecule has 0 aliphatic heterocycles. The number of amides is 1. The number of nitrogens with one attached hydrogen (secondary N) is 2. The molecule has 0 rings (SSSR count). The van der Waals surface area contributed by atoms with E-state index >= 15 is 0 Å². The van der Waals surface area contributed by atoms with Crippen LogP contribution in [0.25, 0.3) is 0 Å². The van der Waals surface area contributed by atoms with Gasteiger partial charge in [-0.1, -0.05) is 12.5 Å². The van der Waals surface area contributed by atoms with Crippen LogP contribution in [-0.4, -0.2) is 19.5 Å². The molecule has 84 valence electrons. The van der Waals surface area contributed by atoms with Gasteiger partial charge in [0.2, 0.25) is 0 Å². The molecule has 0 aromatic carbocycles. The zero-order valence-corrected chi connectivity index (χ0v) is 10.5. The van der Waals surface area contributed by atoms with Gasteiger partial charge in [0.25, 0.3) is 5.91 Å². The normalized spacial score (nSPS) is 11.2. The Kier molecular flexibility index (Phi) is 8.89. The third-order valence-electron chi connectivity index (χ3n) is 2.04. The minimum atomic E-state index is 0. The van der Waals surface area contributed by atoms with E-state index in [0.29, 0.717) is 0 Å². The number of carbonyl (C=O) groups excluding carboxylic acids is 1. The second-order valence-electron chi connectivity index (χ2n) is 3.61. The van der Waals surface area contributed by atoms with Crippen LogP contribution in [-0.2, 0) is 4.79 Å². The van der Waals surface area contributed by atoms with Gasteiger partial charge < -0.3 is 12.4 Å². The van der Waals surface area contributed by atoms with E-state index in [4.69, 9.17) is 0 Å². The smallest absolute Gasteiger partial charge is 0.291 e. The number of hydrogen-bond donors (Lipinski definition) is 2. The summed E-state index contributed by atoms with van der Waals surface area (Å²) in [5.74, 6) is 0.0333. The lowest BCUT2D eigenvalue weighted by Crippen LogP contribution is -3.16. The van der Waals surface area contributed by atoms with Crippen LogP contribution in [0, 0.1) is 0 Å². The molecule has 0 saturated carbocycles. The van der Waals surface area contributed by atoms with Crippen LogP contribution in [0.1, 0.15) is 34.1 Å². The van der Waals surface area contributed by atoms with Crippen LogP contribution >= 0.6 is 0 Å². The van der Waals surface area contributed by atoms with Crippen molar-refractivity contribution in [2.75, 3.05) is 13.6 Å². The number of carbonyl (C=O) groups is 1. The highest BCUT2D eigenvalue weighted by molar-refractivity contribution is 5.92. The Morgan fingerprint density at radius 2 is 1.79 bits per heavy atom. The molecule has 0 aromatic heterocycles. The molecule has 0 spiro atoms. The largest absolute Gasteiger partial charge is 1.00 e. The molecule has 14 heavy (non-hydrogen) atoms. The second-order valence-corrected chi connectivity index (χ2v) is 3.61. The van der Waals surface area contributed by atoms with Gasteiger partial charge >= 0.3 is 0 Å². The predicted molar refractivity (Wildman–Crippen MR) is 54.2 cm³/mol. The van der Waals surface area contributed by atoms with E-state index in [2.05, 4.69) is 12.3 Å². The van der Waals surface area contributed by atoms with Gasteiger partial charge in [-0.2, -0.15) is 5.43 Å². The highest BCUT2D eigenvalue weighted by Crippen LogP contribution is 1.99. The van der Waals surface area contributed by atoms with Crippen molar-refractivity contribution in [1.29, 1.82) is 0 Å². The summed E-state index contributed by atoms with van der Waals surface area (Å²) in [7, 11) is 1.96. The van der Waals surface area contributed by atoms with Gasteiger partial charge in [-0.05, 0) is 27.2 Å². The van der Waals surface area contributed by atoms with E-state index in [-0.39, 0.29) is 18.3 Å². The molecule has 0 radical (unpaired) electrons. The average Bonchev–Trinajstić information content (AvgIpc) is 2.03. The van der Waals surface area contributed by atoms with Crippen molar-refractivity contribution in [1.82, 2.24) is 5.43 Å². The van der Waals surface area contributed by atoms with E-state index < -0.39 is 0 Å². The van der Waals surface area contributed by atoms with Crippen molar-refractivity contribution in [3.8, 4) is 0 Å². The third kappa shape index (κ3) is 6.00. The molecular formula is C10H21ClN2O. The fourth-order valence-corrected chi connectivity index (χ4v) is 0.952. The lowest BCUT2D eigenvalue weighted by molar-refractivity contribution is -0.916. The summed E-state index contributed by atoms with van der Waals surface area (Å²) >= 11 is 0. The van der Waals surface area contributed by atoms with Gasteiger partial charge in [0.1, 0.15) is 0 Å². The Labute approximate surface area is 92.9 Å². The van der Waals surface area contributed by atoms with E-state index in [0.717, 1.165) is 29.1 Å². The summed E-state index contributed by atoms with van der Waals surface area (Å²) in [5.41, 5.74) is 4.77. The molecule has 1 atom stereocenters. The first-order valence-corrected chi connectivity index (χ1v) is 4.76. The monoisotopic (exact) mass is 220 g/mol. The minimum absolute atomic E-state index is 0. The van der Waals surface area contributed by atoms with Crippen LogP contribution in [0.2, 0.25) is 0 Å². The maximum Gasteiger partial charge on any atom is 0.291 e. The second kappa shape index (κ2) is 7.83. The lowest BCUT2D eigenvalue weighted by atomic mass is 10.2. The first kappa shape index (κ1) is 15.9. The van der Waals surface area contributed by atoms with Gasteiger partial charge in [0.05, 0.1) is 13.6 Å². The van der Waals surface area contributed by atoms with E-state index in [1.54, 1.807) is 0 Å². The number of quaternary nitrogens is 1. The molecule has 0 saturated heterocycles. The molecule has 1 amide bonds. The Morgan fingerprint density at radius 3 is 2.14 bits per heavy atom. The van der Waals surface area contributed by atoms with Crippen molar-refractivity contribution in [2.24, 2.45) is 0 Å². The minimum Gasteiger partial charge on any atom is -1.00 e. The van der Waals surface area contributed by atoms with Crippen molar-refractivity contribution in [2.45, 2.75) is 34.1 Å². The van der Waals surface area contributed by atoms with Gasteiger partial charge in [-0.25, -0.2) is 5.01 Å². The summed E-state index contributed by atoms with van der Waals surface area (Å²) in [6.07, 6.45) is 1.07. The molecule has 0 bridgehead atoms. The molecule has 0 aliphatic carbocycles. The van der Waals surface area contributed by atoms with Crippen LogP contribution in [0.3, 0.4) is 0 Å². The summed E-state index contributed by atoms with van der Waals surface area (Å²) in [6.45, 7) is 8.81. The molecule has 0 aliphatic rings. The maximum absolute atomic E-state index is 11.5. The number of halogens is 1. The maximum atomic E-state index is 11.5. The number of allylic oxidation sites excluding steroid dienone is 1. The van der Waals surface area contributed by atoms with E-state index in [1.807, 2.05) is 27.8 Å². The van der Waals surface area contributed by atoms with Crippen LogP contribution in [0.4, 0.5) is 0 Å². The number of hydrogen-bond acceptors (Lipinski definition) is 1. The Morgan fingerprint density at radius 1 is 1.29 bits per heavy atom. The zero-order valence-electron chi connectivity index (χ0n) is 9.70. The van der Waals surface area contributed by atoms with Crippen molar-refractivity contribution < 1.29 is 22.2 Å². The van der Waals surface area contributed by atoms with Gasteiger partial charge in [0, 0.05) is 5.57 Å². The van der Waals surface area contributed by atoms with Crippen molar-refractivity contribution >= 4 is 5.91 Å². The SMILES string of the molecule is CCC[NH+](C)NC(=O)C(C)=C(C)C.[Cl-]. The molecular weight excluding hydrogens is 200 g/mol. The Hall–Kier alpha value is -0.540. The van der Waals surface area contributed by atoms with Crippen LogP contribution < -0.4 is 22.8 Å². The molecule has 4 heteroatoms. The van der Waals surface area contributed by atoms with Crippen LogP contribution in [0.15, 0.2) is 11.1 Å². The van der Waals surface area contributed by atoms with Crippen molar-refractivity contribution in [3.05, 3.63) is 11.1 Å². The predicted octanol–water partition coefficient (Wildman–Crippen LogP) is -2.70. The lowest BCUT2D eigenvalue weighted by Gasteiger charge is -2.13. The summed E-state index contributed by atoms with van der Waals surface area (Å²) in [6, 6.07) is 0. The topological polar surface area (TPSA) is 33.5 Å². The first-order chi connectivity index (χ1) is 5.99. The highest BCUT2D eigenvalue weighted by atomic mass is 35.5. The summed E-state index contributed by atoms with van der Waals surface area (Å²) < 4.78 is 0. The zero-order chi connectivity index (χ0) is 10.4. The third-order valence-corrected chi connectivity index (χ3v) is 2.04. The average molecular weight is 221 g/mol. The fraction of sp³-hybridized carbons (Fsp3) is 0.700. The van der Waals surface area contributed by atoms with E-state index in [1.165, 1.54) is 0 Å². The standard InChI is InChI=1S/C10H20N2O.ClH/c1-6-7-12(5)11-10(13)9(4)8(2)3;/h6-7H2,1-5H3,(H,11,13);1H. The number of rotatable bonds is 4. The summed E-state index contributed by atoms with van der Waals surface area (Å²) in [5, 5.41) is 1.05. The van der Waals surface area contributed by atoms with Crippen molar-refractivity contribution in [3.63, 3.8) is 0 Å². The quantitative estimate of drug-likeness (QED) is 0.393. The molecule has 3 nitrogen and oxygen atoms in total. The first-order valence-electron chi connectivity index (χ1n) is 4.76. The summed E-state index contributed by atoms with van der Waals surface area (Å²) in [4.78, 5) is 11.5. The highest BCUT2D eigenvalue weighted by Gasteiger charge is 2.09. The Balaban J connectivity index is 0. The van der Waals surface area contributed by atoms with Gasteiger partial charge in [-0.3, -0.25) is 4.79 Å². The molecule has 0 heterocycles. The van der Waals surface area contributed by atoms with Crippen LogP contribution in [0.5, 0.6) is 0 Å². The molecule has 0 aromatic rings.